The van der Waals surface area contributed by atoms with Crippen molar-refractivity contribution in [2.45, 2.75) is 25.5 Å². The lowest BCUT2D eigenvalue weighted by Gasteiger charge is -2.14. The van der Waals surface area contributed by atoms with E-state index in [1.807, 2.05) is 48.5 Å². The van der Waals surface area contributed by atoms with Crippen LogP contribution in [0.1, 0.15) is 18.5 Å². The number of hydrogen-bond acceptors (Lipinski definition) is 7. The third-order valence-electron chi connectivity index (χ3n) is 6.25. The molecule has 1 amide bonds. The Kier molecular flexibility index (Phi) is 7.58. The molecular formula is C28H27ClN6O2. The van der Waals surface area contributed by atoms with Gasteiger partial charge in [-0.25, -0.2) is 9.97 Å². The maximum absolute atomic E-state index is 12.5. The Morgan fingerprint density at radius 1 is 1.14 bits per heavy atom. The fourth-order valence-electron chi connectivity index (χ4n) is 4.26. The number of pyridine rings is 1. The summed E-state index contributed by atoms with van der Waals surface area (Å²) < 4.78 is 5.81. The number of carbonyl (C=O) groups is 1. The van der Waals surface area contributed by atoms with Gasteiger partial charge in [0.15, 0.2) is 0 Å². The number of anilines is 3. The van der Waals surface area contributed by atoms with E-state index in [4.69, 9.17) is 16.3 Å². The van der Waals surface area contributed by atoms with E-state index >= 15 is 0 Å². The molecule has 0 saturated carbocycles. The summed E-state index contributed by atoms with van der Waals surface area (Å²) >= 11 is 6.47. The number of rotatable bonds is 8. The Bertz CT molecular complexity index is 1430. The van der Waals surface area contributed by atoms with Gasteiger partial charge >= 0.3 is 0 Å². The Morgan fingerprint density at radius 2 is 2.03 bits per heavy atom. The van der Waals surface area contributed by atoms with E-state index in [2.05, 4.69) is 37.5 Å². The molecule has 2 aromatic carbocycles. The van der Waals surface area contributed by atoms with Gasteiger partial charge in [-0.15, -0.1) is 0 Å². The van der Waals surface area contributed by atoms with Gasteiger partial charge in [-0.1, -0.05) is 23.7 Å². The van der Waals surface area contributed by atoms with E-state index in [0.717, 1.165) is 41.7 Å². The maximum atomic E-state index is 12.5. The summed E-state index contributed by atoms with van der Waals surface area (Å²) in [6.07, 6.45) is 9.02. The number of fused-ring (bicyclic) bond motifs is 1. The third kappa shape index (κ3) is 6.22. The summed E-state index contributed by atoms with van der Waals surface area (Å²) in [4.78, 5) is 27.8. The van der Waals surface area contributed by atoms with Crippen LogP contribution < -0.4 is 15.4 Å². The van der Waals surface area contributed by atoms with Crippen LogP contribution in [0.15, 0.2) is 79.3 Å². The van der Waals surface area contributed by atoms with E-state index in [1.54, 1.807) is 24.4 Å². The van der Waals surface area contributed by atoms with Crippen LogP contribution in [0.3, 0.4) is 0 Å². The summed E-state index contributed by atoms with van der Waals surface area (Å²) in [5.74, 6) is 0.994. The van der Waals surface area contributed by atoms with Gasteiger partial charge in [0.25, 0.3) is 0 Å². The zero-order valence-electron chi connectivity index (χ0n) is 20.4. The first-order valence-electron chi connectivity index (χ1n) is 12.1. The summed E-state index contributed by atoms with van der Waals surface area (Å²) in [6, 6.07) is 17.0. The minimum atomic E-state index is -0.168. The summed E-state index contributed by atoms with van der Waals surface area (Å²) in [6.45, 7) is 1.38. The molecule has 0 unspecified atom stereocenters. The average Bonchev–Trinajstić information content (AvgIpc) is 3.32. The smallest absolute Gasteiger partial charge is 0.248 e. The van der Waals surface area contributed by atoms with Crippen LogP contribution in [0.5, 0.6) is 5.75 Å². The molecule has 1 aliphatic heterocycles. The van der Waals surface area contributed by atoms with Gasteiger partial charge in [0.05, 0.1) is 16.2 Å². The zero-order valence-corrected chi connectivity index (χ0v) is 21.2. The molecule has 0 aliphatic carbocycles. The van der Waals surface area contributed by atoms with Crippen molar-refractivity contribution in [2.24, 2.45) is 0 Å². The monoisotopic (exact) mass is 514 g/mol. The molecule has 9 heteroatoms. The predicted octanol–water partition coefficient (Wildman–Crippen LogP) is 5.59. The van der Waals surface area contributed by atoms with Gasteiger partial charge in [0.1, 0.15) is 24.5 Å². The number of halogens is 1. The SMILES string of the molecule is CN1CCC[C@@H]1/C=C/C(=O)Nc1ccc2ncnc(Nc3ccc(OCc4ccccn4)c(Cl)c3)c2c1. The lowest BCUT2D eigenvalue weighted by atomic mass is 10.2. The van der Waals surface area contributed by atoms with E-state index in [1.165, 1.54) is 6.33 Å². The lowest BCUT2D eigenvalue weighted by molar-refractivity contribution is -0.111. The standard InChI is InChI=1S/C28H27ClN6O2/c1-35-14-4-6-22(35)9-12-27(36)33-19-7-10-25-23(15-19)28(32-18-31-25)34-20-8-11-26(24(29)16-20)37-17-21-5-2-3-13-30-21/h2-3,5,7-13,15-16,18,22H,4,6,14,17H2,1H3,(H,33,36)(H,31,32,34)/b12-9+/t22-/m1/s1. The van der Waals surface area contributed by atoms with Crippen LogP contribution in [-0.4, -0.2) is 45.4 Å². The minimum Gasteiger partial charge on any atom is -0.486 e. The predicted molar refractivity (Wildman–Crippen MR) is 146 cm³/mol. The molecule has 1 aliphatic rings. The van der Waals surface area contributed by atoms with E-state index in [0.29, 0.717) is 34.9 Å². The van der Waals surface area contributed by atoms with Gasteiger partial charge in [-0.05, 0) is 75.0 Å². The van der Waals surface area contributed by atoms with Crippen molar-refractivity contribution < 1.29 is 9.53 Å². The van der Waals surface area contributed by atoms with Crippen molar-refractivity contribution in [3.63, 3.8) is 0 Å². The topological polar surface area (TPSA) is 92.3 Å². The first kappa shape index (κ1) is 24.7. The molecule has 2 N–H and O–H groups in total. The van der Waals surface area contributed by atoms with Crippen molar-refractivity contribution in [2.75, 3.05) is 24.2 Å². The number of nitrogens with zero attached hydrogens (tertiary/aromatic N) is 4. The first-order chi connectivity index (χ1) is 18.0. The second-order valence-corrected chi connectivity index (χ2v) is 9.28. The minimum absolute atomic E-state index is 0.168. The number of carbonyl (C=O) groups excluding carboxylic acids is 1. The molecule has 188 valence electrons. The molecule has 4 aromatic rings. The van der Waals surface area contributed by atoms with Crippen molar-refractivity contribution in [3.8, 4) is 5.75 Å². The summed E-state index contributed by atoms with van der Waals surface area (Å²) in [7, 11) is 2.08. The molecule has 3 heterocycles. The number of nitrogens with one attached hydrogen (secondary N) is 2. The molecule has 1 fully saturated rings. The molecule has 1 saturated heterocycles. The summed E-state index contributed by atoms with van der Waals surface area (Å²) in [5, 5.41) is 7.47. The molecule has 0 bridgehead atoms. The second-order valence-electron chi connectivity index (χ2n) is 8.87. The average molecular weight is 515 g/mol. The molecule has 8 nitrogen and oxygen atoms in total. The first-order valence-corrected chi connectivity index (χ1v) is 12.5. The van der Waals surface area contributed by atoms with Gasteiger partial charge in [0, 0.05) is 35.1 Å². The highest BCUT2D eigenvalue weighted by atomic mass is 35.5. The van der Waals surface area contributed by atoms with Crippen LogP contribution in [0, 0.1) is 0 Å². The number of hydrogen-bond donors (Lipinski definition) is 2. The number of likely N-dealkylation sites (tertiary alicyclic amines) is 1. The van der Waals surface area contributed by atoms with Crippen molar-refractivity contribution in [1.82, 2.24) is 19.9 Å². The lowest BCUT2D eigenvalue weighted by Crippen LogP contribution is -2.23. The zero-order chi connectivity index (χ0) is 25.6. The Balaban J connectivity index is 1.28. The van der Waals surface area contributed by atoms with Crippen LogP contribution in [0.2, 0.25) is 5.02 Å². The number of amides is 1. The molecular weight excluding hydrogens is 488 g/mol. The maximum Gasteiger partial charge on any atom is 0.248 e. The van der Waals surface area contributed by atoms with Gasteiger partial charge in [0.2, 0.25) is 5.91 Å². The van der Waals surface area contributed by atoms with E-state index < -0.39 is 0 Å². The normalized spacial score (nSPS) is 15.8. The third-order valence-corrected chi connectivity index (χ3v) is 6.54. The van der Waals surface area contributed by atoms with Crippen LogP contribution in [0.4, 0.5) is 17.2 Å². The second kappa shape index (κ2) is 11.4. The number of benzene rings is 2. The largest absolute Gasteiger partial charge is 0.486 e. The molecule has 1 atom stereocenters. The molecule has 0 radical (unpaired) electrons. The Hall–Kier alpha value is -4.01. The van der Waals surface area contributed by atoms with Crippen LogP contribution >= 0.6 is 11.6 Å². The van der Waals surface area contributed by atoms with Crippen molar-refractivity contribution in [3.05, 3.63) is 90.0 Å². The molecule has 5 rings (SSSR count). The quantitative estimate of drug-likeness (QED) is 0.296. The molecule has 37 heavy (non-hydrogen) atoms. The van der Waals surface area contributed by atoms with E-state index in [-0.39, 0.29) is 5.91 Å². The molecule has 0 spiro atoms. The van der Waals surface area contributed by atoms with Gasteiger partial charge in [-0.2, -0.15) is 0 Å². The van der Waals surface area contributed by atoms with Crippen molar-refractivity contribution >= 4 is 45.6 Å². The van der Waals surface area contributed by atoms with E-state index in [9.17, 15) is 4.79 Å². The highest BCUT2D eigenvalue weighted by molar-refractivity contribution is 6.32. The van der Waals surface area contributed by atoms with Gasteiger partial charge in [-0.3, -0.25) is 14.7 Å². The highest BCUT2D eigenvalue weighted by Crippen LogP contribution is 2.31. The fraction of sp³-hybridized carbons (Fsp3) is 0.214. The summed E-state index contributed by atoms with van der Waals surface area (Å²) in [5.41, 5.74) is 2.97. The Morgan fingerprint density at radius 3 is 2.81 bits per heavy atom. The fourth-order valence-corrected chi connectivity index (χ4v) is 4.50. The van der Waals surface area contributed by atoms with Crippen LogP contribution in [-0.2, 0) is 11.4 Å². The Labute approximate surface area is 220 Å². The van der Waals surface area contributed by atoms with Crippen molar-refractivity contribution in [1.29, 1.82) is 0 Å². The highest BCUT2D eigenvalue weighted by Gasteiger charge is 2.18. The van der Waals surface area contributed by atoms with Crippen LogP contribution in [0.25, 0.3) is 10.9 Å². The van der Waals surface area contributed by atoms with Gasteiger partial charge < -0.3 is 15.4 Å². The number of aromatic nitrogens is 3. The number of likely N-dealkylation sites (N-methyl/N-ethyl adjacent to an activating group) is 1. The number of ether oxygens (including phenoxy) is 1. The molecule has 2 aromatic heterocycles.